The molecular weight excluding hydrogens is 151 g/mol. The van der Waals surface area contributed by atoms with Gasteiger partial charge >= 0.3 is 7.12 Å². The Balaban J connectivity index is 2.20. The van der Waals surface area contributed by atoms with E-state index >= 15 is 0 Å². The lowest BCUT2D eigenvalue weighted by Gasteiger charge is -2.24. The largest absolute Gasteiger partial charge is 0.454 e. The standard InChI is InChI=1S/C9H19BO2/c1-8(10(11)12)7-9-5-3-2-4-6-9/h8-9,11-12H,2-7H2,1H3/t8-/m0/s1. The fourth-order valence-corrected chi connectivity index (χ4v) is 2.07. The Kier molecular flexibility index (Phi) is 4.09. The van der Waals surface area contributed by atoms with E-state index < -0.39 is 7.12 Å². The van der Waals surface area contributed by atoms with Crippen molar-refractivity contribution in [2.75, 3.05) is 0 Å². The summed E-state index contributed by atoms with van der Waals surface area (Å²) in [5.41, 5.74) is 0. The number of hydrogen-bond donors (Lipinski definition) is 2. The van der Waals surface area contributed by atoms with Gasteiger partial charge in [-0.05, 0) is 18.2 Å². The van der Waals surface area contributed by atoms with E-state index in [1.165, 1.54) is 32.1 Å². The van der Waals surface area contributed by atoms with Crippen LogP contribution in [0.15, 0.2) is 0 Å². The number of rotatable bonds is 3. The molecule has 70 valence electrons. The molecule has 1 saturated carbocycles. The van der Waals surface area contributed by atoms with Gasteiger partial charge in [-0.25, -0.2) is 0 Å². The molecule has 2 N–H and O–H groups in total. The summed E-state index contributed by atoms with van der Waals surface area (Å²) in [7, 11) is -1.12. The number of hydrogen-bond acceptors (Lipinski definition) is 2. The van der Waals surface area contributed by atoms with E-state index in [9.17, 15) is 0 Å². The van der Waals surface area contributed by atoms with E-state index in [4.69, 9.17) is 10.0 Å². The molecule has 2 nitrogen and oxygen atoms in total. The molecule has 0 aliphatic heterocycles. The van der Waals surface area contributed by atoms with Gasteiger partial charge in [-0.3, -0.25) is 0 Å². The molecular formula is C9H19BO2. The smallest absolute Gasteiger partial charge is 0.427 e. The zero-order valence-electron chi connectivity index (χ0n) is 7.87. The summed E-state index contributed by atoms with van der Waals surface area (Å²) in [4.78, 5) is 0. The summed E-state index contributed by atoms with van der Waals surface area (Å²) >= 11 is 0. The van der Waals surface area contributed by atoms with Crippen LogP contribution in [-0.4, -0.2) is 17.2 Å². The quantitative estimate of drug-likeness (QED) is 0.634. The van der Waals surface area contributed by atoms with Crippen LogP contribution < -0.4 is 0 Å². The molecule has 1 atom stereocenters. The van der Waals surface area contributed by atoms with Gasteiger partial charge < -0.3 is 10.0 Å². The minimum Gasteiger partial charge on any atom is -0.427 e. The van der Waals surface area contributed by atoms with Gasteiger partial charge in [-0.1, -0.05) is 39.0 Å². The summed E-state index contributed by atoms with van der Waals surface area (Å²) in [6, 6.07) is 0. The van der Waals surface area contributed by atoms with Gasteiger partial charge in [0.05, 0.1) is 0 Å². The molecule has 0 aromatic rings. The Morgan fingerprint density at radius 1 is 1.25 bits per heavy atom. The minimum atomic E-state index is -1.12. The first kappa shape index (κ1) is 10.1. The van der Waals surface area contributed by atoms with Crippen molar-refractivity contribution in [2.45, 2.75) is 51.3 Å². The Hall–Kier alpha value is -0.0151. The summed E-state index contributed by atoms with van der Waals surface area (Å²) in [6.45, 7) is 1.92. The first-order valence-electron chi connectivity index (χ1n) is 5.06. The molecule has 0 aromatic carbocycles. The van der Waals surface area contributed by atoms with Crippen LogP contribution in [0.25, 0.3) is 0 Å². The third-order valence-electron chi connectivity index (χ3n) is 2.94. The van der Waals surface area contributed by atoms with Crippen LogP contribution >= 0.6 is 0 Å². The fraction of sp³-hybridized carbons (Fsp3) is 1.00. The van der Waals surface area contributed by atoms with Crippen LogP contribution in [0.3, 0.4) is 0 Å². The fourth-order valence-electron chi connectivity index (χ4n) is 2.07. The lowest BCUT2D eigenvalue weighted by Crippen LogP contribution is -2.21. The summed E-state index contributed by atoms with van der Waals surface area (Å²) in [5, 5.41) is 17.8. The van der Waals surface area contributed by atoms with Crippen molar-refractivity contribution in [2.24, 2.45) is 5.92 Å². The predicted molar refractivity (Wildman–Crippen MR) is 50.8 cm³/mol. The highest BCUT2D eigenvalue weighted by Crippen LogP contribution is 2.31. The molecule has 12 heavy (non-hydrogen) atoms. The van der Waals surface area contributed by atoms with E-state index in [0.717, 1.165) is 12.3 Å². The second-order valence-electron chi connectivity index (χ2n) is 4.13. The molecule has 0 heterocycles. The molecule has 3 heteroatoms. The van der Waals surface area contributed by atoms with Crippen molar-refractivity contribution in [3.63, 3.8) is 0 Å². The second-order valence-corrected chi connectivity index (χ2v) is 4.13. The predicted octanol–water partition coefficient (Wildman–Crippen LogP) is 1.82. The van der Waals surface area contributed by atoms with Crippen molar-refractivity contribution in [3.8, 4) is 0 Å². The molecule has 1 aliphatic rings. The van der Waals surface area contributed by atoms with E-state index in [2.05, 4.69) is 0 Å². The molecule has 0 bridgehead atoms. The van der Waals surface area contributed by atoms with E-state index in [-0.39, 0.29) is 5.82 Å². The van der Waals surface area contributed by atoms with Gasteiger partial charge in [-0.2, -0.15) is 0 Å². The zero-order valence-corrected chi connectivity index (χ0v) is 7.87. The van der Waals surface area contributed by atoms with E-state index in [1.807, 2.05) is 6.92 Å². The van der Waals surface area contributed by atoms with Gasteiger partial charge in [0.2, 0.25) is 0 Å². The molecule has 0 radical (unpaired) electrons. The maximum atomic E-state index is 8.91. The highest BCUT2D eigenvalue weighted by molar-refractivity contribution is 6.42. The van der Waals surface area contributed by atoms with Crippen LogP contribution in [0.4, 0.5) is 0 Å². The van der Waals surface area contributed by atoms with Gasteiger partial charge in [0.25, 0.3) is 0 Å². The first-order valence-corrected chi connectivity index (χ1v) is 5.06. The van der Waals surface area contributed by atoms with Crippen molar-refractivity contribution < 1.29 is 10.0 Å². The summed E-state index contributed by atoms with van der Waals surface area (Å²) in [5.74, 6) is 0.795. The summed E-state index contributed by atoms with van der Waals surface area (Å²) < 4.78 is 0. The van der Waals surface area contributed by atoms with E-state index in [1.54, 1.807) is 0 Å². The lowest BCUT2D eigenvalue weighted by molar-refractivity contribution is 0.311. The molecule has 0 spiro atoms. The molecule has 0 unspecified atom stereocenters. The first-order chi connectivity index (χ1) is 5.70. The molecule has 0 saturated heterocycles. The van der Waals surface area contributed by atoms with Crippen molar-refractivity contribution in [1.82, 2.24) is 0 Å². The van der Waals surface area contributed by atoms with Crippen LogP contribution in [0.5, 0.6) is 0 Å². The van der Waals surface area contributed by atoms with Gasteiger partial charge in [0.15, 0.2) is 0 Å². The van der Waals surface area contributed by atoms with Crippen LogP contribution in [0.1, 0.15) is 45.4 Å². The zero-order chi connectivity index (χ0) is 8.97. The van der Waals surface area contributed by atoms with E-state index in [0.29, 0.717) is 0 Å². The van der Waals surface area contributed by atoms with Gasteiger partial charge in [0, 0.05) is 0 Å². The van der Waals surface area contributed by atoms with Crippen LogP contribution in [0.2, 0.25) is 5.82 Å². The third kappa shape index (κ3) is 3.15. The topological polar surface area (TPSA) is 40.5 Å². The average molecular weight is 170 g/mol. The van der Waals surface area contributed by atoms with Gasteiger partial charge in [0.1, 0.15) is 0 Å². The molecule has 1 fully saturated rings. The molecule has 1 aliphatic carbocycles. The monoisotopic (exact) mass is 170 g/mol. The van der Waals surface area contributed by atoms with Crippen LogP contribution in [0, 0.1) is 5.92 Å². The minimum absolute atomic E-state index is 0.0492. The SMILES string of the molecule is C[C@@H](CC1CCCCC1)B(O)O. The molecule has 0 aromatic heterocycles. The second kappa shape index (κ2) is 4.88. The summed E-state index contributed by atoms with van der Waals surface area (Å²) in [6.07, 6.45) is 7.59. The highest BCUT2D eigenvalue weighted by Gasteiger charge is 2.23. The molecule has 1 rings (SSSR count). The maximum Gasteiger partial charge on any atom is 0.454 e. The lowest BCUT2D eigenvalue weighted by atomic mass is 9.68. The third-order valence-corrected chi connectivity index (χ3v) is 2.94. The van der Waals surface area contributed by atoms with Crippen LogP contribution in [-0.2, 0) is 0 Å². The van der Waals surface area contributed by atoms with Crippen molar-refractivity contribution in [1.29, 1.82) is 0 Å². The van der Waals surface area contributed by atoms with Crippen molar-refractivity contribution >= 4 is 7.12 Å². The normalized spacial score (nSPS) is 22.2. The highest BCUT2D eigenvalue weighted by atomic mass is 16.4. The maximum absolute atomic E-state index is 8.91. The Morgan fingerprint density at radius 3 is 2.33 bits per heavy atom. The van der Waals surface area contributed by atoms with Gasteiger partial charge in [-0.15, -0.1) is 0 Å². The average Bonchev–Trinajstić information content (AvgIpc) is 2.06. The molecule has 0 amide bonds. The Bertz CT molecular complexity index is 122. The van der Waals surface area contributed by atoms with Crippen molar-refractivity contribution in [3.05, 3.63) is 0 Å². The Labute approximate surface area is 75.1 Å². The Morgan fingerprint density at radius 2 is 1.83 bits per heavy atom.